The van der Waals surface area contributed by atoms with Crippen molar-refractivity contribution in [3.63, 3.8) is 0 Å². The van der Waals surface area contributed by atoms with Crippen LogP contribution in [0.15, 0.2) is 36.5 Å². The third-order valence-corrected chi connectivity index (χ3v) is 15.3. The fourth-order valence-corrected chi connectivity index (χ4v) is 10.4. The first kappa shape index (κ1) is 69.6. The van der Waals surface area contributed by atoms with Crippen LogP contribution < -0.4 is 5.32 Å². The van der Waals surface area contributed by atoms with Gasteiger partial charge in [-0.15, -0.1) is 0 Å². The van der Waals surface area contributed by atoms with Gasteiger partial charge in [-0.1, -0.05) is 339 Å². The number of amides is 1. The molecule has 0 aliphatic carbocycles. The number of aliphatic hydroxyl groups excluding tert-OH is 2. The Kier molecular flexibility index (Phi) is 61.7. The van der Waals surface area contributed by atoms with Crippen LogP contribution in [-0.4, -0.2) is 34.9 Å². The average Bonchev–Trinajstić information content (AvgIpc) is 3.37. The van der Waals surface area contributed by atoms with Crippen LogP contribution in [0.2, 0.25) is 0 Å². The zero-order chi connectivity index (χ0) is 51.3. The summed E-state index contributed by atoms with van der Waals surface area (Å²) in [4.78, 5) is 12.5. The third kappa shape index (κ3) is 59.4. The molecule has 2 unspecified atom stereocenters. The zero-order valence-corrected chi connectivity index (χ0v) is 48.5. The van der Waals surface area contributed by atoms with E-state index in [0.29, 0.717) is 6.42 Å². The van der Waals surface area contributed by atoms with Crippen molar-refractivity contribution in [2.75, 3.05) is 6.61 Å². The number of allylic oxidation sites excluding steroid dienone is 5. The van der Waals surface area contributed by atoms with E-state index >= 15 is 0 Å². The second kappa shape index (κ2) is 62.9. The van der Waals surface area contributed by atoms with E-state index in [1.54, 1.807) is 6.08 Å². The number of rotatable bonds is 61. The quantitative estimate of drug-likeness (QED) is 0.0420. The molecule has 0 aliphatic heterocycles. The van der Waals surface area contributed by atoms with Gasteiger partial charge in [0.1, 0.15) is 0 Å². The number of carbonyl (C=O) groups excluding carboxylic acids is 1. The van der Waals surface area contributed by atoms with Crippen molar-refractivity contribution in [2.45, 2.75) is 379 Å². The molecule has 0 aromatic heterocycles. The molecule has 4 nitrogen and oxygen atoms in total. The molecule has 0 rings (SSSR count). The smallest absolute Gasteiger partial charge is 0.220 e. The Morgan fingerprint density at radius 1 is 0.324 bits per heavy atom. The number of carbonyl (C=O) groups is 1. The Morgan fingerprint density at radius 3 is 0.817 bits per heavy atom. The molecule has 0 bridgehead atoms. The highest BCUT2D eigenvalue weighted by Gasteiger charge is 2.18. The predicted octanol–water partition coefficient (Wildman–Crippen LogP) is 22.0. The van der Waals surface area contributed by atoms with Gasteiger partial charge in [0.15, 0.2) is 0 Å². The summed E-state index contributed by atoms with van der Waals surface area (Å²) in [5, 5.41) is 23.2. The molecule has 0 aromatic carbocycles. The van der Waals surface area contributed by atoms with Gasteiger partial charge in [0, 0.05) is 6.42 Å². The number of aliphatic hydroxyl groups is 2. The van der Waals surface area contributed by atoms with Crippen LogP contribution >= 0.6 is 0 Å². The third-order valence-electron chi connectivity index (χ3n) is 15.3. The Bertz CT molecular complexity index is 1080. The van der Waals surface area contributed by atoms with Crippen LogP contribution in [-0.2, 0) is 4.79 Å². The first-order valence-electron chi connectivity index (χ1n) is 32.7. The fraction of sp³-hybridized carbons (Fsp3) is 0.896. The standard InChI is InChI=1S/C67H129NO3/c1-3-5-7-9-11-13-15-17-19-21-23-25-27-29-30-31-32-33-34-35-36-37-38-39-41-43-45-47-49-51-53-55-57-59-61-63-67(71)68-65(64-69)66(70)62-60-58-56-54-52-50-48-46-44-42-40-28-26-24-22-20-18-16-14-12-10-8-6-4-2/h31-32,52,54,60,62,65-66,69-70H,3-30,33-51,53,55-59,61,63-64H2,1-2H3,(H,68,71)/b32-31-,54-52+,62-60+. The van der Waals surface area contributed by atoms with E-state index in [-0.39, 0.29) is 12.5 Å². The highest BCUT2D eigenvalue weighted by atomic mass is 16.3. The first-order chi connectivity index (χ1) is 35.2. The second-order valence-corrected chi connectivity index (χ2v) is 22.5. The molecule has 0 aliphatic rings. The van der Waals surface area contributed by atoms with Crippen molar-refractivity contribution in [2.24, 2.45) is 0 Å². The summed E-state index contributed by atoms with van der Waals surface area (Å²) >= 11 is 0. The fourth-order valence-electron chi connectivity index (χ4n) is 10.4. The minimum atomic E-state index is -0.862. The summed E-state index contributed by atoms with van der Waals surface area (Å²) < 4.78 is 0. The van der Waals surface area contributed by atoms with Gasteiger partial charge in [0.2, 0.25) is 5.91 Å². The van der Waals surface area contributed by atoms with E-state index in [1.807, 2.05) is 6.08 Å². The Morgan fingerprint density at radius 2 is 0.549 bits per heavy atom. The summed E-state index contributed by atoms with van der Waals surface area (Å²) in [5.41, 5.74) is 0. The Balaban J connectivity index is 3.45. The topological polar surface area (TPSA) is 69.6 Å². The van der Waals surface area contributed by atoms with Gasteiger partial charge in [-0.05, 0) is 57.8 Å². The van der Waals surface area contributed by atoms with Crippen molar-refractivity contribution in [1.82, 2.24) is 5.32 Å². The lowest BCUT2D eigenvalue weighted by Gasteiger charge is -2.19. The van der Waals surface area contributed by atoms with Crippen LogP contribution in [0.25, 0.3) is 0 Å². The predicted molar refractivity (Wildman–Crippen MR) is 318 cm³/mol. The molecular weight excluding hydrogens is 867 g/mol. The van der Waals surface area contributed by atoms with Gasteiger partial charge < -0.3 is 15.5 Å². The molecule has 0 aromatic rings. The summed E-state index contributed by atoms with van der Waals surface area (Å²) in [7, 11) is 0. The van der Waals surface area contributed by atoms with Crippen molar-refractivity contribution in [3.05, 3.63) is 36.5 Å². The summed E-state index contributed by atoms with van der Waals surface area (Å²) in [6.07, 6.45) is 86.5. The maximum absolute atomic E-state index is 12.5. The van der Waals surface area contributed by atoms with Crippen LogP contribution in [0.4, 0.5) is 0 Å². The maximum Gasteiger partial charge on any atom is 0.220 e. The van der Waals surface area contributed by atoms with Crippen molar-refractivity contribution < 1.29 is 15.0 Å². The van der Waals surface area contributed by atoms with E-state index in [4.69, 9.17) is 0 Å². The molecule has 3 N–H and O–H groups in total. The summed E-state index contributed by atoms with van der Waals surface area (Å²) in [5.74, 6) is -0.0669. The van der Waals surface area contributed by atoms with E-state index in [0.717, 1.165) is 32.1 Å². The zero-order valence-electron chi connectivity index (χ0n) is 48.5. The lowest BCUT2D eigenvalue weighted by Crippen LogP contribution is -2.45. The highest BCUT2D eigenvalue weighted by molar-refractivity contribution is 5.76. The lowest BCUT2D eigenvalue weighted by molar-refractivity contribution is -0.123. The van der Waals surface area contributed by atoms with Crippen molar-refractivity contribution in [3.8, 4) is 0 Å². The maximum atomic E-state index is 12.5. The summed E-state index contributed by atoms with van der Waals surface area (Å²) in [6.45, 7) is 4.34. The summed E-state index contributed by atoms with van der Waals surface area (Å²) in [6, 6.07) is -0.639. The van der Waals surface area contributed by atoms with Gasteiger partial charge in [-0.3, -0.25) is 4.79 Å². The van der Waals surface area contributed by atoms with Crippen LogP contribution in [0.3, 0.4) is 0 Å². The molecule has 0 spiro atoms. The molecule has 2 atom stereocenters. The van der Waals surface area contributed by atoms with Crippen LogP contribution in [0.1, 0.15) is 367 Å². The molecule has 0 saturated carbocycles. The molecule has 1 amide bonds. The molecule has 0 heterocycles. The minimum absolute atomic E-state index is 0.0669. The molecule has 0 radical (unpaired) electrons. The molecular formula is C67H129NO3. The first-order valence-corrected chi connectivity index (χ1v) is 32.7. The van der Waals surface area contributed by atoms with E-state index in [9.17, 15) is 15.0 Å². The number of hydrogen-bond donors (Lipinski definition) is 3. The monoisotopic (exact) mass is 996 g/mol. The average molecular weight is 997 g/mol. The molecule has 0 saturated heterocycles. The van der Waals surface area contributed by atoms with E-state index in [1.165, 1.54) is 315 Å². The minimum Gasteiger partial charge on any atom is -0.394 e. The molecule has 420 valence electrons. The van der Waals surface area contributed by atoms with Gasteiger partial charge in [-0.2, -0.15) is 0 Å². The van der Waals surface area contributed by atoms with Crippen molar-refractivity contribution in [1.29, 1.82) is 0 Å². The lowest BCUT2D eigenvalue weighted by atomic mass is 10.0. The van der Waals surface area contributed by atoms with Gasteiger partial charge in [-0.25, -0.2) is 0 Å². The van der Waals surface area contributed by atoms with Crippen molar-refractivity contribution >= 4 is 5.91 Å². The molecule has 4 heteroatoms. The Labute approximate surface area is 446 Å². The van der Waals surface area contributed by atoms with Gasteiger partial charge in [0.25, 0.3) is 0 Å². The van der Waals surface area contributed by atoms with Crippen LogP contribution in [0, 0.1) is 0 Å². The van der Waals surface area contributed by atoms with Crippen LogP contribution in [0.5, 0.6) is 0 Å². The molecule has 71 heavy (non-hydrogen) atoms. The second-order valence-electron chi connectivity index (χ2n) is 22.5. The van der Waals surface area contributed by atoms with Gasteiger partial charge >= 0.3 is 0 Å². The molecule has 0 fully saturated rings. The Hall–Kier alpha value is -1.39. The number of nitrogens with one attached hydrogen (secondary N) is 1. The largest absolute Gasteiger partial charge is 0.394 e. The highest BCUT2D eigenvalue weighted by Crippen LogP contribution is 2.18. The number of unbranched alkanes of at least 4 members (excludes halogenated alkanes) is 50. The van der Waals surface area contributed by atoms with E-state index in [2.05, 4.69) is 43.5 Å². The van der Waals surface area contributed by atoms with Gasteiger partial charge in [0.05, 0.1) is 18.8 Å². The number of hydrogen-bond acceptors (Lipinski definition) is 3. The SMILES string of the molecule is CCCCCCCCCCCCCCCC/C=C\CCCCCCCCCCCCCCCCCCCC(=O)NC(CO)C(O)/C=C/CC/C=C/CCCCCCCCCCCCCCCCCCCC. The van der Waals surface area contributed by atoms with E-state index < -0.39 is 12.1 Å². The normalized spacial score (nSPS) is 12.9.